The third kappa shape index (κ3) is 3.85. The Morgan fingerprint density at radius 1 is 1.11 bits per heavy atom. The zero-order valence-electron chi connectivity index (χ0n) is 15.0. The van der Waals surface area contributed by atoms with Gasteiger partial charge in [0.15, 0.2) is 11.5 Å². The van der Waals surface area contributed by atoms with E-state index in [4.69, 9.17) is 9.47 Å². The van der Waals surface area contributed by atoms with Crippen molar-refractivity contribution in [3.05, 3.63) is 58.0 Å². The van der Waals surface area contributed by atoms with Crippen molar-refractivity contribution in [1.29, 1.82) is 0 Å². The van der Waals surface area contributed by atoms with Gasteiger partial charge in [-0.25, -0.2) is 9.07 Å². The van der Waals surface area contributed by atoms with Gasteiger partial charge in [0.2, 0.25) is 10.6 Å². The predicted octanol–water partition coefficient (Wildman–Crippen LogP) is 3.49. The van der Waals surface area contributed by atoms with E-state index in [2.05, 4.69) is 10.1 Å². The summed E-state index contributed by atoms with van der Waals surface area (Å²) in [6.07, 6.45) is 1.61. The number of methoxy groups -OCH3 is 2. The molecule has 0 saturated carbocycles. The van der Waals surface area contributed by atoms with Crippen molar-refractivity contribution < 1.29 is 19.0 Å². The van der Waals surface area contributed by atoms with Crippen LogP contribution in [0.5, 0.6) is 17.2 Å². The molecule has 140 valence electrons. The van der Waals surface area contributed by atoms with Crippen LogP contribution in [0.2, 0.25) is 0 Å². The summed E-state index contributed by atoms with van der Waals surface area (Å²) in [5, 5.41) is 16.4. The van der Waals surface area contributed by atoms with Gasteiger partial charge in [0.25, 0.3) is 0 Å². The van der Waals surface area contributed by atoms with Crippen molar-refractivity contribution >= 4 is 17.6 Å². The number of phenols is 1. The molecule has 0 spiro atoms. The zero-order chi connectivity index (χ0) is 19.4. The lowest BCUT2D eigenvalue weighted by atomic mass is 10.2. The van der Waals surface area contributed by atoms with Gasteiger partial charge in [-0.2, -0.15) is 5.10 Å². The van der Waals surface area contributed by atoms with E-state index >= 15 is 0 Å². The molecule has 0 atom stereocenters. The van der Waals surface area contributed by atoms with Gasteiger partial charge in [-0.3, -0.25) is 4.99 Å². The van der Waals surface area contributed by atoms with Gasteiger partial charge in [0, 0.05) is 23.6 Å². The number of ether oxygens (including phenoxy) is 2. The Morgan fingerprint density at radius 2 is 1.74 bits per heavy atom. The number of aromatic nitrogens is 1. The summed E-state index contributed by atoms with van der Waals surface area (Å²) in [6, 6.07) is 9.48. The van der Waals surface area contributed by atoms with Gasteiger partial charge in [0.05, 0.1) is 26.1 Å². The van der Waals surface area contributed by atoms with Crippen molar-refractivity contribution in [2.24, 2.45) is 10.1 Å². The van der Waals surface area contributed by atoms with E-state index < -0.39 is 0 Å². The molecule has 0 amide bonds. The Balaban J connectivity index is 2.05. The lowest BCUT2D eigenvalue weighted by Crippen LogP contribution is -2.11. The second-order valence-corrected chi connectivity index (χ2v) is 6.30. The number of rotatable bonds is 5. The van der Waals surface area contributed by atoms with Crippen LogP contribution >= 0.6 is 11.3 Å². The monoisotopic (exact) mass is 387 g/mol. The molecule has 3 aromatic rings. The number of hydrogen-bond donors (Lipinski definition) is 1. The Morgan fingerprint density at radius 3 is 2.30 bits per heavy atom. The minimum absolute atomic E-state index is 0.0726. The summed E-state index contributed by atoms with van der Waals surface area (Å²) in [5.41, 5.74) is 2.28. The van der Waals surface area contributed by atoms with E-state index in [1.165, 1.54) is 37.7 Å². The van der Waals surface area contributed by atoms with Crippen LogP contribution in [0, 0.1) is 5.82 Å². The minimum atomic E-state index is -0.298. The van der Waals surface area contributed by atoms with E-state index in [-0.39, 0.29) is 23.1 Å². The van der Waals surface area contributed by atoms with E-state index in [0.29, 0.717) is 10.4 Å². The highest BCUT2D eigenvalue weighted by Gasteiger charge is 2.11. The van der Waals surface area contributed by atoms with Gasteiger partial charge in [-0.15, -0.1) is 11.3 Å². The summed E-state index contributed by atoms with van der Waals surface area (Å²) >= 11 is 1.43. The van der Waals surface area contributed by atoms with Crippen LogP contribution in [-0.2, 0) is 0 Å². The first-order chi connectivity index (χ1) is 13.1. The van der Waals surface area contributed by atoms with E-state index in [1.807, 2.05) is 5.38 Å². The van der Waals surface area contributed by atoms with Crippen LogP contribution in [0.4, 0.5) is 4.39 Å². The normalized spacial score (nSPS) is 11.9. The van der Waals surface area contributed by atoms with Crippen LogP contribution in [0.1, 0.15) is 5.56 Å². The smallest absolute Gasteiger partial charge is 0.205 e. The SMILES string of the molecule is CN=c1scc(-c2ccc(F)cc2)n1N=Cc1cc(OC)c(O)c(OC)c1. The highest BCUT2D eigenvalue weighted by Crippen LogP contribution is 2.36. The third-order valence-corrected chi connectivity index (χ3v) is 4.75. The van der Waals surface area contributed by atoms with Crippen LogP contribution in [0.3, 0.4) is 0 Å². The number of nitrogens with zero attached hydrogens (tertiary/aromatic N) is 3. The Bertz CT molecular complexity index is 1010. The Labute approximate surface area is 159 Å². The Kier molecular flexibility index (Phi) is 5.56. The molecule has 3 rings (SSSR count). The lowest BCUT2D eigenvalue weighted by Gasteiger charge is -2.09. The molecule has 0 bridgehead atoms. The zero-order valence-corrected chi connectivity index (χ0v) is 15.8. The largest absolute Gasteiger partial charge is 0.502 e. The van der Waals surface area contributed by atoms with Crippen molar-refractivity contribution in [1.82, 2.24) is 4.68 Å². The van der Waals surface area contributed by atoms with Gasteiger partial charge >= 0.3 is 0 Å². The molecule has 0 radical (unpaired) electrons. The first-order valence-corrected chi connectivity index (χ1v) is 8.84. The molecule has 0 aliphatic heterocycles. The summed E-state index contributed by atoms with van der Waals surface area (Å²) in [4.78, 5) is 4.92. The fourth-order valence-electron chi connectivity index (χ4n) is 2.49. The van der Waals surface area contributed by atoms with Crippen LogP contribution in [0.25, 0.3) is 11.3 Å². The summed E-state index contributed by atoms with van der Waals surface area (Å²) in [7, 11) is 4.60. The fourth-order valence-corrected chi connectivity index (χ4v) is 3.30. The second kappa shape index (κ2) is 8.05. The number of thiazole rings is 1. The number of halogens is 1. The molecule has 6 nitrogen and oxygen atoms in total. The maximum Gasteiger partial charge on any atom is 0.205 e. The molecule has 1 N–H and O–H groups in total. The number of benzene rings is 2. The van der Waals surface area contributed by atoms with E-state index in [1.54, 1.807) is 42.2 Å². The molecular formula is C19H18FN3O3S. The molecular weight excluding hydrogens is 369 g/mol. The van der Waals surface area contributed by atoms with Gasteiger partial charge < -0.3 is 14.6 Å². The number of hydrogen-bond acceptors (Lipinski definition) is 6. The first kappa shape index (κ1) is 18.7. The van der Waals surface area contributed by atoms with Gasteiger partial charge in [-0.1, -0.05) is 0 Å². The number of phenolic OH excluding ortho intramolecular Hbond substituents is 1. The maximum atomic E-state index is 13.2. The summed E-state index contributed by atoms with van der Waals surface area (Å²) in [5.74, 6) is 0.194. The molecule has 1 heterocycles. The molecule has 0 aliphatic rings. The summed E-state index contributed by atoms with van der Waals surface area (Å²) in [6.45, 7) is 0. The van der Waals surface area contributed by atoms with Crippen LogP contribution in [-0.4, -0.2) is 37.3 Å². The van der Waals surface area contributed by atoms with Crippen molar-refractivity contribution in [2.45, 2.75) is 0 Å². The average molecular weight is 387 g/mol. The standard InChI is InChI=1S/C19H18FN3O3S/c1-21-19-23(15(11-27-19)13-4-6-14(20)7-5-13)22-10-12-8-16(25-2)18(24)17(9-12)26-3/h4-11,24H,1-3H3. The maximum absolute atomic E-state index is 13.2. The van der Waals surface area contributed by atoms with E-state index in [9.17, 15) is 9.50 Å². The highest BCUT2D eigenvalue weighted by atomic mass is 32.1. The molecule has 8 heteroatoms. The minimum Gasteiger partial charge on any atom is -0.502 e. The van der Waals surface area contributed by atoms with Gasteiger partial charge in [0.1, 0.15) is 5.82 Å². The number of aromatic hydroxyl groups is 1. The molecule has 1 aromatic heterocycles. The lowest BCUT2D eigenvalue weighted by molar-refractivity contribution is 0.340. The van der Waals surface area contributed by atoms with Crippen LogP contribution < -0.4 is 14.3 Å². The van der Waals surface area contributed by atoms with Gasteiger partial charge in [-0.05, 0) is 36.4 Å². The van der Waals surface area contributed by atoms with Crippen molar-refractivity contribution in [3.8, 4) is 28.5 Å². The van der Waals surface area contributed by atoms with E-state index in [0.717, 1.165) is 11.3 Å². The Hall–Kier alpha value is -3.13. The average Bonchev–Trinajstić information content (AvgIpc) is 3.10. The fraction of sp³-hybridized carbons (Fsp3) is 0.158. The van der Waals surface area contributed by atoms with Crippen LogP contribution in [0.15, 0.2) is 51.9 Å². The summed E-state index contributed by atoms with van der Waals surface area (Å²) < 4.78 is 25.2. The molecule has 2 aromatic carbocycles. The second-order valence-electron chi connectivity index (χ2n) is 5.46. The predicted molar refractivity (Wildman–Crippen MR) is 103 cm³/mol. The quantitative estimate of drug-likeness (QED) is 0.682. The molecule has 0 aliphatic carbocycles. The highest BCUT2D eigenvalue weighted by molar-refractivity contribution is 7.07. The van der Waals surface area contributed by atoms with Crippen molar-refractivity contribution in [2.75, 3.05) is 21.3 Å². The third-order valence-electron chi connectivity index (χ3n) is 3.84. The first-order valence-electron chi connectivity index (χ1n) is 7.96. The molecule has 27 heavy (non-hydrogen) atoms. The molecule has 0 fully saturated rings. The van der Waals surface area contributed by atoms with Crippen molar-refractivity contribution in [3.63, 3.8) is 0 Å². The molecule has 0 unspecified atom stereocenters. The topological polar surface area (TPSA) is 68.3 Å². The molecule has 0 saturated heterocycles.